The minimum atomic E-state index is -0.983. The lowest BCUT2D eigenvalue weighted by Crippen LogP contribution is -2.41. The average Bonchev–Trinajstić information content (AvgIpc) is 2.29. The molecule has 1 rings (SSSR count). The molecule has 1 aliphatic carbocycles. The van der Waals surface area contributed by atoms with Gasteiger partial charge in [0, 0.05) is 5.92 Å². The first-order valence-electron chi connectivity index (χ1n) is 6.54. The van der Waals surface area contributed by atoms with E-state index in [1.54, 1.807) is 0 Å². The van der Waals surface area contributed by atoms with Crippen LogP contribution in [0, 0.1) is 11.8 Å². The van der Waals surface area contributed by atoms with E-state index in [1.807, 2.05) is 6.92 Å². The number of hydrogen-bond donors (Lipinski definition) is 2. The van der Waals surface area contributed by atoms with Crippen molar-refractivity contribution in [1.29, 1.82) is 0 Å². The second kappa shape index (κ2) is 6.62. The summed E-state index contributed by atoms with van der Waals surface area (Å²) in [6, 6.07) is -0.795. The van der Waals surface area contributed by atoms with Gasteiger partial charge >= 0.3 is 5.97 Å². The van der Waals surface area contributed by atoms with Gasteiger partial charge in [0.25, 0.3) is 0 Å². The number of aliphatic carboxylic acids is 1. The molecule has 1 amide bonds. The molecule has 2 atom stereocenters. The summed E-state index contributed by atoms with van der Waals surface area (Å²) in [5, 5.41) is 11.2. The summed E-state index contributed by atoms with van der Waals surface area (Å²) in [5.74, 6) is -0.557. The van der Waals surface area contributed by atoms with Gasteiger partial charge in [0.05, 0.1) is 0 Å². The predicted molar refractivity (Wildman–Crippen MR) is 65.6 cm³/mol. The number of hydrogen-bond acceptors (Lipinski definition) is 2. The van der Waals surface area contributed by atoms with Crippen LogP contribution >= 0.6 is 0 Å². The summed E-state index contributed by atoms with van der Waals surface area (Å²) >= 11 is 0. The molecule has 0 saturated heterocycles. The monoisotopic (exact) mass is 241 g/mol. The smallest absolute Gasteiger partial charge is 0.325 e. The third-order valence-electron chi connectivity index (χ3n) is 3.59. The van der Waals surface area contributed by atoms with Gasteiger partial charge in [-0.1, -0.05) is 39.0 Å². The fourth-order valence-corrected chi connectivity index (χ4v) is 2.45. The first-order chi connectivity index (χ1) is 8.00. The molecular formula is C13H23NO3. The van der Waals surface area contributed by atoms with Crippen molar-refractivity contribution in [2.75, 3.05) is 0 Å². The fraction of sp³-hybridized carbons (Fsp3) is 0.846. The van der Waals surface area contributed by atoms with E-state index >= 15 is 0 Å². The maximum atomic E-state index is 11.8. The lowest BCUT2D eigenvalue weighted by molar-refractivity contribution is -0.141. The van der Waals surface area contributed by atoms with E-state index < -0.39 is 12.0 Å². The van der Waals surface area contributed by atoms with Crippen LogP contribution in [-0.4, -0.2) is 23.0 Å². The molecule has 2 N–H and O–H groups in total. The number of carboxylic acids is 1. The van der Waals surface area contributed by atoms with Gasteiger partial charge in [0.1, 0.15) is 6.04 Å². The molecule has 4 nitrogen and oxygen atoms in total. The van der Waals surface area contributed by atoms with Crippen molar-refractivity contribution in [3.8, 4) is 0 Å². The van der Waals surface area contributed by atoms with Gasteiger partial charge in [-0.25, -0.2) is 0 Å². The van der Waals surface area contributed by atoms with Gasteiger partial charge < -0.3 is 10.4 Å². The van der Waals surface area contributed by atoms with Crippen LogP contribution < -0.4 is 5.32 Å². The zero-order valence-electron chi connectivity index (χ0n) is 10.7. The molecule has 98 valence electrons. The molecular weight excluding hydrogens is 218 g/mol. The summed E-state index contributed by atoms with van der Waals surface area (Å²) in [5.41, 5.74) is 0. The van der Waals surface area contributed by atoms with E-state index in [9.17, 15) is 9.59 Å². The van der Waals surface area contributed by atoms with Gasteiger partial charge in [-0.3, -0.25) is 9.59 Å². The molecule has 1 fully saturated rings. The summed E-state index contributed by atoms with van der Waals surface area (Å²) < 4.78 is 0. The van der Waals surface area contributed by atoms with Crippen LogP contribution in [0.1, 0.15) is 52.4 Å². The Morgan fingerprint density at radius 1 is 1.24 bits per heavy atom. The second-order valence-electron chi connectivity index (χ2n) is 5.21. The Bertz CT molecular complexity index is 272. The predicted octanol–water partition coefficient (Wildman–Crippen LogP) is 2.18. The first-order valence-corrected chi connectivity index (χ1v) is 6.54. The van der Waals surface area contributed by atoms with Crippen LogP contribution in [0.4, 0.5) is 0 Å². The van der Waals surface area contributed by atoms with Crippen LogP contribution in [0.2, 0.25) is 0 Å². The van der Waals surface area contributed by atoms with E-state index in [0.29, 0.717) is 5.92 Å². The van der Waals surface area contributed by atoms with Crippen LogP contribution in [0.25, 0.3) is 0 Å². The van der Waals surface area contributed by atoms with E-state index in [2.05, 4.69) is 5.32 Å². The third-order valence-corrected chi connectivity index (χ3v) is 3.59. The SMILES string of the molecule is CC(CC1CCCCC1)C(=O)NC(C)C(=O)O. The standard InChI is InChI=1S/C13H23NO3/c1-9(8-11-6-4-3-5-7-11)12(15)14-10(2)13(16)17/h9-11H,3-8H2,1-2H3,(H,14,15)(H,16,17). The summed E-state index contributed by atoms with van der Waals surface area (Å²) in [6.45, 7) is 3.38. The number of amides is 1. The van der Waals surface area contributed by atoms with Crippen LogP contribution in [-0.2, 0) is 9.59 Å². The van der Waals surface area contributed by atoms with E-state index in [-0.39, 0.29) is 11.8 Å². The molecule has 4 heteroatoms. The van der Waals surface area contributed by atoms with Gasteiger partial charge in [0.15, 0.2) is 0 Å². The van der Waals surface area contributed by atoms with Crippen molar-refractivity contribution in [2.45, 2.75) is 58.4 Å². The lowest BCUT2D eigenvalue weighted by Gasteiger charge is -2.24. The Balaban J connectivity index is 2.33. The average molecular weight is 241 g/mol. The molecule has 17 heavy (non-hydrogen) atoms. The van der Waals surface area contributed by atoms with E-state index in [4.69, 9.17) is 5.11 Å². The summed E-state index contributed by atoms with van der Waals surface area (Å²) in [7, 11) is 0. The van der Waals surface area contributed by atoms with E-state index in [0.717, 1.165) is 6.42 Å². The largest absolute Gasteiger partial charge is 0.480 e. The van der Waals surface area contributed by atoms with Gasteiger partial charge in [-0.05, 0) is 19.3 Å². The topological polar surface area (TPSA) is 66.4 Å². The van der Waals surface area contributed by atoms with Crippen LogP contribution in [0.5, 0.6) is 0 Å². The molecule has 0 heterocycles. The number of nitrogens with one attached hydrogen (secondary N) is 1. The molecule has 0 spiro atoms. The maximum absolute atomic E-state index is 11.8. The molecule has 0 aliphatic heterocycles. The van der Waals surface area contributed by atoms with Gasteiger partial charge in [-0.15, -0.1) is 0 Å². The highest BCUT2D eigenvalue weighted by Crippen LogP contribution is 2.28. The molecule has 1 saturated carbocycles. The van der Waals surface area contributed by atoms with Crippen molar-refractivity contribution >= 4 is 11.9 Å². The quantitative estimate of drug-likeness (QED) is 0.775. The summed E-state index contributed by atoms with van der Waals surface area (Å²) in [6.07, 6.45) is 7.17. The highest BCUT2D eigenvalue weighted by Gasteiger charge is 2.23. The number of carboxylic acid groups (broad SMARTS) is 1. The van der Waals surface area contributed by atoms with Crippen molar-refractivity contribution in [2.24, 2.45) is 11.8 Å². The number of carbonyl (C=O) groups is 2. The molecule has 0 aromatic rings. The zero-order chi connectivity index (χ0) is 12.8. The Morgan fingerprint density at radius 2 is 1.82 bits per heavy atom. The van der Waals surface area contributed by atoms with Crippen LogP contribution in [0.15, 0.2) is 0 Å². The lowest BCUT2D eigenvalue weighted by atomic mass is 9.83. The molecule has 0 radical (unpaired) electrons. The second-order valence-corrected chi connectivity index (χ2v) is 5.21. The first kappa shape index (κ1) is 14.0. The highest BCUT2D eigenvalue weighted by molar-refractivity contribution is 5.84. The Morgan fingerprint density at radius 3 is 2.35 bits per heavy atom. The van der Waals surface area contributed by atoms with Gasteiger partial charge in [0.2, 0.25) is 5.91 Å². The third kappa shape index (κ3) is 4.75. The molecule has 0 bridgehead atoms. The minimum absolute atomic E-state index is 0.0834. The molecule has 2 unspecified atom stereocenters. The Hall–Kier alpha value is -1.06. The molecule has 1 aliphatic rings. The fourth-order valence-electron chi connectivity index (χ4n) is 2.45. The van der Waals surface area contributed by atoms with Crippen molar-refractivity contribution < 1.29 is 14.7 Å². The van der Waals surface area contributed by atoms with Crippen LogP contribution in [0.3, 0.4) is 0 Å². The maximum Gasteiger partial charge on any atom is 0.325 e. The molecule has 0 aromatic heterocycles. The zero-order valence-corrected chi connectivity index (χ0v) is 10.7. The van der Waals surface area contributed by atoms with Gasteiger partial charge in [-0.2, -0.15) is 0 Å². The molecule has 0 aromatic carbocycles. The van der Waals surface area contributed by atoms with Crippen molar-refractivity contribution in [1.82, 2.24) is 5.32 Å². The van der Waals surface area contributed by atoms with Crippen molar-refractivity contribution in [3.05, 3.63) is 0 Å². The Labute approximate surface area is 103 Å². The Kier molecular flexibility index (Phi) is 5.45. The summed E-state index contributed by atoms with van der Waals surface area (Å²) in [4.78, 5) is 22.4. The van der Waals surface area contributed by atoms with E-state index in [1.165, 1.54) is 39.0 Å². The normalized spacial score (nSPS) is 20.6. The minimum Gasteiger partial charge on any atom is -0.480 e. The highest BCUT2D eigenvalue weighted by atomic mass is 16.4. The van der Waals surface area contributed by atoms with Crippen molar-refractivity contribution in [3.63, 3.8) is 0 Å². The number of rotatable bonds is 5. The number of carbonyl (C=O) groups excluding carboxylic acids is 1.